The molecule has 2 N–H and O–H groups in total. The van der Waals surface area contributed by atoms with Crippen LogP contribution < -0.4 is 10.5 Å². The topological polar surface area (TPSA) is 35.2 Å². The van der Waals surface area contributed by atoms with Crippen LogP contribution >= 0.6 is 10.2 Å². The van der Waals surface area contributed by atoms with E-state index in [1.807, 2.05) is 0 Å². The van der Waals surface area contributed by atoms with Crippen LogP contribution in [0.15, 0.2) is 23.1 Å². The van der Waals surface area contributed by atoms with Gasteiger partial charge in [-0.05, 0) is 18.2 Å². The van der Waals surface area contributed by atoms with Gasteiger partial charge in [-0.25, -0.2) is 0 Å². The highest BCUT2D eigenvalue weighted by Crippen LogP contribution is 3.02. The Morgan fingerprint density at radius 1 is 1.13 bits per heavy atom. The Morgan fingerprint density at radius 3 is 2.00 bits per heavy atom. The minimum Gasteiger partial charge on any atom is -0.495 e. The van der Waals surface area contributed by atoms with E-state index >= 15 is 0 Å². The maximum atomic E-state index is 12.3. The van der Waals surface area contributed by atoms with Crippen molar-refractivity contribution < 1.29 is 24.2 Å². The molecule has 1 aromatic carbocycles. The Balaban J connectivity index is 3.39. The zero-order chi connectivity index (χ0) is 12.0. The highest BCUT2D eigenvalue weighted by Gasteiger charge is 2.65. The van der Waals surface area contributed by atoms with Crippen LogP contribution in [-0.4, -0.2) is 7.11 Å². The van der Waals surface area contributed by atoms with E-state index in [4.69, 9.17) is 5.73 Å². The Bertz CT molecular complexity index is 401. The van der Waals surface area contributed by atoms with E-state index in [9.17, 15) is 19.4 Å². The molecule has 0 saturated carbocycles. The Labute approximate surface area is 82.6 Å². The second-order valence-electron chi connectivity index (χ2n) is 2.87. The summed E-state index contributed by atoms with van der Waals surface area (Å²) in [6, 6.07) is 1.17. The maximum absolute atomic E-state index is 12.3. The molecule has 2 nitrogen and oxygen atoms in total. The Kier molecular flexibility index (Phi) is 1.97. The summed E-state index contributed by atoms with van der Waals surface area (Å²) >= 11 is 0. The summed E-state index contributed by atoms with van der Waals surface area (Å²) in [5.74, 6) is -0.0828. The molecule has 0 aliphatic carbocycles. The van der Waals surface area contributed by atoms with Crippen LogP contribution in [-0.2, 0) is 0 Å². The van der Waals surface area contributed by atoms with Gasteiger partial charge >= 0.3 is 10.2 Å². The predicted octanol–water partition coefficient (Wildman–Crippen LogP) is 3.93. The van der Waals surface area contributed by atoms with Crippen molar-refractivity contribution >= 4 is 15.9 Å². The van der Waals surface area contributed by atoms with E-state index in [2.05, 4.69) is 4.74 Å². The Hall–Kier alpha value is -1.18. The van der Waals surface area contributed by atoms with Gasteiger partial charge in [0.2, 0.25) is 0 Å². The first kappa shape index (κ1) is 11.9. The molecule has 0 spiro atoms. The highest BCUT2D eigenvalue weighted by atomic mass is 32.5. The molecule has 0 bridgehead atoms. The molecule has 1 aromatic rings. The molecule has 15 heavy (non-hydrogen) atoms. The molecule has 0 aliphatic heterocycles. The average molecular weight is 249 g/mol. The molecule has 0 atom stereocenters. The number of nitrogens with two attached hydrogens (primary N) is 1. The third kappa shape index (κ3) is 2.65. The summed E-state index contributed by atoms with van der Waals surface area (Å²) in [5.41, 5.74) is 4.62. The molecule has 1 rings (SSSR count). The fourth-order valence-electron chi connectivity index (χ4n) is 0.952. The first-order chi connectivity index (χ1) is 6.44. The summed E-state index contributed by atoms with van der Waals surface area (Å²) in [5, 5.41) is 0. The normalized spacial score (nSPS) is 16.7. The van der Waals surface area contributed by atoms with Gasteiger partial charge in [0.15, 0.2) is 0 Å². The van der Waals surface area contributed by atoms with Gasteiger partial charge in [0.25, 0.3) is 0 Å². The third-order valence-electron chi connectivity index (χ3n) is 1.65. The van der Waals surface area contributed by atoms with Crippen molar-refractivity contribution in [1.29, 1.82) is 0 Å². The lowest BCUT2D eigenvalue weighted by Gasteiger charge is -2.40. The maximum Gasteiger partial charge on any atom is 0.310 e. The van der Waals surface area contributed by atoms with Crippen LogP contribution in [0.2, 0.25) is 0 Å². The molecule has 0 fully saturated rings. The lowest BCUT2D eigenvalue weighted by molar-refractivity contribution is 0.363. The van der Waals surface area contributed by atoms with Crippen LogP contribution in [0.1, 0.15) is 0 Å². The number of hydrogen-bond acceptors (Lipinski definition) is 2. The first-order valence-electron chi connectivity index (χ1n) is 3.61. The fraction of sp³-hybridized carbons (Fsp3) is 0.143. The minimum atomic E-state index is -9.64. The zero-order valence-corrected chi connectivity index (χ0v) is 8.33. The number of rotatable bonds is 2. The average Bonchev–Trinajstić information content (AvgIpc) is 2.00. The summed E-state index contributed by atoms with van der Waals surface area (Å²) in [6.45, 7) is 0. The molecule has 0 unspecified atom stereocenters. The van der Waals surface area contributed by atoms with Crippen molar-refractivity contribution in [3.8, 4) is 5.75 Å². The molecular formula is C7H8F5NOS. The Morgan fingerprint density at radius 2 is 1.67 bits per heavy atom. The lowest BCUT2D eigenvalue weighted by atomic mass is 10.3. The standard InChI is InChI=1S/C7H8F5NOS/c1-14-7-3-2-5(4-6(7)13)15(8,9,10,11)12/h2-4H,13H2,1H3. The van der Waals surface area contributed by atoms with E-state index in [0.29, 0.717) is 0 Å². The second-order valence-corrected chi connectivity index (χ2v) is 5.28. The van der Waals surface area contributed by atoms with Crippen molar-refractivity contribution in [2.24, 2.45) is 0 Å². The summed E-state index contributed by atoms with van der Waals surface area (Å²) in [4.78, 5) is -2.02. The number of hydrogen-bond donors (Lipinski definition) is 1. The van der Waals surface area contributed by atoms with E-state index in [1.165, 1.54) is 7.11 Å². The fourth-order valence-corrected chi connectivity index (χ4v) is 1.63. The lowest BCUT2D eigenvalue weighted by Crippen LogP contribution is -2.07. The molecule has 88 valence electrons. The number of anilines is 1. The van der Waals surface area contributed by atoms with Gasteiger partial charge in [-0.1, -0.05) is 19.4 Å². The van der Waals surface area contributed by atoms with Crippen LogP contribution in [0.4, 0.5) is 25.1 Å². The van der Waals surface area contributed by atoms with Gasteiger partial charge in [0.05, 0.1) is 12.8 Å². The van der Waals surface area contributed by atoms with Crippen molar-refractivity contribution in [3.05, 3.63) is 18.2 Å². The van der Waals surface area contributed by atoms with Gasteiger partial charge in [-0.3, -0.25) is 0 Å². The molecule has 0 amide bonds. The van der Waals surface area contributed by atoms with E-state index in [-0.39, 0.29) is 17.9 Å². The summed E-state index contributed by atoms with van der Waals surface area (Å²) < 4.78 is 65.9. The molecule has 0 radical (unpaired) electrons. The number of nitrogen functional groups attached to an aromatic ring is 1. The van der Waals surface area contributed by atoms with Gasteiger partial charge in [0, 0.05) is 0 Å². The largest absolute Gasteiger partial charge is 0.495 e. The molecule has 8 heteroatoms. The van der Waals surface area contributed by atoms with E-state index in [1.54, 1.807) is 0 Å². The number of methoxy groups -OCH3 is 1. The van der Waals surface area contributed by atoms with Crippen LogP contribution in [0.25, 0.3) is 0 Å². The van der Waals surface area contributed by atoms with Crippen LogP contribution in [0.5, 0.6) is 5.75 Å². The summed E-state index contributed by atoms with van der Waals surface area (Å²) in [7, 11) is -8.46. The van der Waals surface area contributed by atoms with Crippen molar-refractivity contribution in [1.82, 2.24) is 0 Å². The molecule has 0 heterocycles. The van der Waals surface area contributed by atoms with E-state index < -0.39 is 20.8 Å². The molecule has 0 aromatic heterocycles. The van der Waals surface area contributed by atoms with Gasteiger partial charge < -0.3 is 10.5 Å². The van der Waals surface area contributed by atoms with Crippen LogP contribution in [0, 0.1) is 0 Å². The van der Waals surface area contributed by atoms with Crippen molar-refractivity contribution in [2.75, 3.05) is 12.8 Å². The zero-order valence-electron chi connectivity index (χ0n) is 7.52. The molecule has 0 saturated heterocycles. The van der Waals surface area contributed by atoms with Crippen LogP contribution in [0.3, 0.4) is 0 Å². The molecule has 0 aliphatic rings. The predicted molar refractivity (Wildman–Crippen MR) is 48.8 cm³/mol. The number of benzene rings is 1. The van der Waals surface area contributed by atoms with Crippen molar-refractivity contribution in [2.45, 2.75) is 4.90 Å². The number of ether oxygens (including phenoxy) is 1. The SMILES string of the molecule is COc1ccc(S(F)(F)(F)(F)F)cc1N. The quantitative estimate of drug-likeness (QED) is 0.636. The third-order valence-corrected chi connectivity index (χ3v) is 2.79. The van der Waals surface area contributed by atoms with Gasteiger partial charge in [0.1, 0.15) is 10.6 Å². The second kappa shape index (κ2) is 2.49. The minimum absolute atomic E-state index is 0.0828. The first-order valence-corrected chi connectivity index (χ1v) is 5.57. The van der Waals surface area contributed by atoms with Gasteiger partial charge in [-0.15, -0.1) is 0 Å². The smallest absolute Gasteiger partial charge is 0.310 e. The highest BCUT2D eigenvalue weighted by molar-refractivity contribution is 8.45. The van der Waals surface area contributed by atoms with Gasteiger partial charge in [-0.2, -0.15) is 0 Å². The molecular weight excluding hydrogens is 241 g/mol. The van der Waals surface area contributed by atoms with Crippen molar-refractivity contribution in [3.63, 3.8) is 0 Å². The monoisotopic (exact) mass is 249 g/mol. The number of halogens is 5. The summed E-state index contributed by atoms with van der Waals surface area (Å²) in [6.07, 6.45) is 0. The van der Waals surface area contributed by atoms with E-state index in [0.717, 1.165) is 6.07 Å².